The Labute approximate surface area is 87.2 Å². The molecule has 0 heterocycles. The van der Waals surface area contributed by atoms with Crippen LogP contribution >= 0.6 is 11.6 Å². The Hall–Kier alpha value is 0.250. The van der Waals surface area contributed by atoms with E-state index in [1.54, 1.807) is 0 Å². The third-order valence-electron chi connectivity index (χ3n) is 2.93. The molecule has 1 fully saturated rings. The van der Waals surface area contributed by atoms with Gasteiger partial charge in [0.2, 0.25) is 0 Å². The number of nitrogens with one attached hydrogen (secondary N) is 1. The van der Waals surface area contributed by atoms with Crippen molar-refractivity contribution in [2.45, 2.75) is 52.1 Å². The molecule has 2 unspecified atom stereocenters. The van der Waals surface area contributed by atoms with Gasteiger partial charge in [0.05, 0.1) is 0 Å². The second kappa shape index (κ2) is 5.21. The van der Waals surface area contributed by atoms with E-state index < -0.39 is 0 Å². The lowest BCUT2D eigenvalue weighted by molar-refractivity contribution is 0.170. The summed E-state index contributed by atoms with van der Waals surface area (Å²) in [4.78, 5) is 0. The zero-order valence-electron chi connectivity index (χ0n) is 9.02. The van der Waals surface area contributed by atoms with E-state index in [4.69, 9.17) is 11.6 Å². The molecular formula is C11H22ClN. The summed E-state index contributed by atoms with van der Waals surface area (Å²) >= 11 is 5.81. The third-order valence-corrected chi connectivity index (χ3v) is 3.46. The minimum absolute atomic E-state index is 0.624. The van der Waals surface area contributed by atoms with Crippen molar-refractivity contribution in [1.82, 2.24) is 5.32 Å². The van der Waals surface area contributed by atoms with Gasteiger partial charge in [-0.05, 0) is 31.1 Å². The first-order valence-electron chi connectivity index (χ1n) is 5.45. The normalized spacial score (nSPS) is 30.2. The van der Waals surface area contributed by atoms with Crippen LogP contribution in [0.3, 0.4) is 0 Å². The van der Waals surface area contributed by atoms with E-state index in [0.29, 0.717) is 12.0 Å². The van der Waals surface area contributed by atoms with E-state index in [0.717, 1.165) is 17.8 Å². The molecule has 0 radical (unpaired) electrons. The number of rotatable bonds is 5. The standard InChI is InChI=1S/C11H22ClN/c1-8(2)13-11-5-4-10(11)6-9(3)7-12/h8-11,13H,4-7H2,1-3H3/t9-,10?,11?/m0/s1. The summed E-state index contributed by atoms with van der Waals surface area (Å²) < 4.78 is 0. The first kappa shape index (κ1) is 11.3. The fourth-order valence-electron chi connectivity index (χ4n) is 2.08. The Morgan fingerprint density at radius 3 is 2.38 bits per heavy atom. The summed E-state index contributed by atoms with van der Waals surface area (Å²) in [7, 11) is 0. The molecule has 0 aromatic carbocycles. The van der Waals surface area contributed by atoms with Gasteiger partial charge in [-0.2, -0.15) is 0 Å². The number of hydrogen-bond donors (Lipinski definition) is 1. The predicted molar refractivity (Wildman–Crippen MR) is 59.3 cm³/mol. The Kier molecular flexibility index (Phi) is 4.54. The van der Waals surface area contributed by atoms with Gasteiger partial charge in [0.1, 0.15) is 0 Å². The van der Waals surface area contributed by atoms with Crippen molar-refractivity contribution in [3.63, 3.8) is 0 Å². The van der Waals surface area contributed by atoms with Crippen molar-refractivity contribution in [3.05, 3.63) is 0 Å². The van der Waals surface area contributed by atoms with Crippen LogP contribution in [0.2, 0.25) is 0 Å². The van der Waals surface area contributed by atoms with Gasteiger partial charge in [0, 0.05) is 18.0 Å². The van der Waals surface area contributed by atoms with Crippen LogP contribution in [0.4, 0.5) is 0 Å². The number of hydrogen-bond acceptors (Lipinski definition) is 1. The second-order valence-electron chi connectivity index (χ2n) is 4.76. The van der Waals surface area contributed by atoms with Crippen LogP contribution < -0.4 is 5.32 Å². The molecule has 13 heavy (non-hydrogen) atoms. The first-order valence-corrected chi connectivity index (χ1v) is 5.99. The van der Waals surface area contributed by atoms with E-state index >= 15 is 0 Å². The second-order valence-corrected chi connectivity index (χ2v) is 5.07. The molecule has 1 nitrogen and oxygen atoms in total. The number of halogens is 1. The van der Waals surface area contributed by atoms with E-state index in [9.17, 15) is 0 Å². The lowest BCUT2D eigenvalue weighted by atomic mass is 9.74. The highest BCUT2D eigenvalue weighted by molar-refractivity contribution is 6.18. The van der Waals surface area contributed by atoms with Gasteiger partial charge in [0.15, 0.2) is 0 Å². The van der Waals surface area contributed by atoms with Crippen molar-refractivity contribution in [2.24, 2.45) is 11.8 Å². The Bertz CT molecular complexity index is 147. The fourth-order valence-corrected chi connectivity index (χ4v) is 2.20. The minimum Gasteiger partial charge on any atom is -0.312 e. The van der Waals surface area contributed by atoms with Gasteiger partial charge >= 0.3 is 0 Å². The highest BCUT2D eigenvalue weighted by Gasteiger charge is 2.31. The lowest BCUT2D eigenvalue weighted by Gasteiger charge is -2.40. The van der Waals surface area contributed by atoms with Crippen LogP contribution in [0.15, 0.2) is 0 Å². The summed E-state index contributed by atoms with van der Waals surface area (Å²) in [5, 5.41) is 3.62. The number of alkyl halides is 1. The average molecular weight is 204 g/mol. The van der Waals surface area contributed by atoms with Crippen LogP contribution in [0, 0.1) is 11.8 Å². The van der Waals surface area contributed by atoms with Gasteiger partial charge in [-0.15, -0.1) is 11.6 Å². The maximum atomic E-state index is 5.81. The Balaban J connectivity index is 2.20. The molecule has 0 amide bonds. The molecule has 0 bridgehead atoms. The Morgan fingerprint density at radius 1 is 1.31 bits per heavy atom. The molecular weight excluding hydrogens is 182 g/mol. The first-order chi connectivity index (χ1) is 6.13. The van der Waals surface area contributed by atoms with Gasteiger partial charge in [0.25, 0.3) is 0 Å². The fraction of sp³-hybridized carbons (Fsp3) is 1.00. The summed E-state index contributed by atoms with van der Waals surface area (Å²) in [6, 6.07) is 1.39. The van der Waals surface area contributed by atoms with Crippen molar-refractivity contribution >= 4 is 11.6 Å². The van der Waals surface area contributed by atoms with Crippen molar-refractivity contribution in [2.75, 3.05) is 5.88 Å². The van der Waals surface area contributed by atoms with Crippen LogP contribution in [0.25, 0.3) is 0 Å². The predicted octanol–water partition coefficient (Wildman–Crippen LogP) is 3.03. The summed E-state index contributed by atoms with van der Waals surface area (Å²) in [6.07, 6.45) is 4.05. The molecule has 0 aromatic rings. The monoisotopic (exact) mass is 203 g/mol. The van der Waals surface area contributed by atoms with Crippen LogP contribution in [0.1, 0.15) is 40.0 Å². The van der Waals surface area contributed by atoms with Gasteiger partial charge < -0.3 is 5.32 Å². The molecule has 0 aliphatic heterocycles. The molecule has 0 aromatic heterocycles. The molecule has 1 aliphatic carbocycles. The zero-order chi connectivity index (χ0) is 9.84. The molecule has 0 spiro atoms. The van der Waals surface area contributed by atoms with Crippen LogP contribution in [0.5, 0.6) is 0 Å². The quantitative estimate of drug-likeness (QED) is 0.678. The topological polar surface area (TPSA) is 12.0 Å². The molecule has 1 saturated carbocycles. The van der Waals surface area contributed by atoms with Crippen LogP contribution in [-0.4, -0.2) is 18.0 Å². The molecule has 2 heteroatoms. The minimum atomic E-state index is 0.624. The molecule has 78 valence electrons. The molecule has 3 atom stereocenters. The van der Waals surface area contributed by atoms with E-state index in [2.05, 4.69) is 26.1 Å². The largest absolute Gasteiger partial charge is 0.312 e. The van der Waals surface area contributed by atoms with E-state index in [1.807, 2.05) is 0 Å². The third kappa shape index (κ3) is 3.47. The zero-order valence-corrected chi connectivity index (χ0v) is 9.77. The van der Waals surface area contributed by atoms with E-state index in [-0.39, 0.29) is 0 Å². The van der Waals surface area contributed by atoms with Gasteiger partial charge in [-0.3, -0.25) is 0 Å². The van der Waals surface area contributed by atoms with Crippen LogP contribution in [-0.2, 0) is 0 Å². The highest BCUT2D eigenvalue weighted by Crippen LogP contribution is 2.33. The highest BCUT2D eigenvalue weighted by atomic mass is 35.5. The maximum absolute atomic E-state index is 5.81. The summed E-state index contributed by atoms with van der Waals surface area (Å²) in [6.45, 7) is 6.69. The van der Waals surface area contributed by atoms with Crippen molar-refractivity contribution < 1.29 is 0 Å². The molecule has 0 saturated heterocycles. The molecule has 1 aliphatic rings. The molecule has 1 N–H and O–H groups in total. The average Bonchev–Trinajstić information content (AvgIpc) is 2.08. The SMILES string of the molecule is CC(C)NC1CCC1C[C@H](C)CCl. The summed E-state index contributed by atoms with van der Waals surface area (Å²) in [5.41, 5.74) is 0. The maximum Gasteiger partial charge on any atom is 0.0249 e. The van der Waals surface area contributed by atoms with Gasteiger partial charge in [-0.25, -0.2) is 0 Å². The van der Waals surface area contributed by atoms with Gasteiger partial charge in [-0.1, -0.05) is 20.8 Å². The Morgan fingerprint density at radius 2 is 2.00 bits per heavy atom. The summed E-state index contributed by atoms with van der Waals surface area (Å²) in [5.74, 6) is 2.38. The smallest absolute Gasteiger partial charge is 0.0249 e. The van der Waals surface area contributed by atoms with Crippen molar-refractivity contribution in [1.29, 1.82) is 0 Å². The molecule has 1 rings (SSSR count). The van der Waals surface area contributed by atoms with Crippen molar-refractivity contribution in [3.8, 4) is 0 Å². The van der Waals surface area contributed by atoms with E-state index in [1.165, 1.54) is 19.3 Å². The lowest BCUT2D eigenvalue weighted by Crippen LogP contribution is -2.47.